The van der Waals surface area contributed by atoms with Crippen LogP contribution < -0.4 is 15.8 Å². The van der Waals surface area contributed by atoms with E-state index in [2.05, 4.69) is 18.5 Å². The maximum Gasteiger partial charge on any atom is 0.219 e. The summed E-state index contributed by atoms with van der Waals surface area (Å²) in [5.74, 6) is 0.0425. The van der Waals surface area contributed by atoms with Crippen LogP contribution >= 0.6 is 0 Å². The molecule has 16 heavy (non-hydrogen) atoms. The first-order valence-corrected chi connectivity index (χ1v) is 5.35. The number of carbonyl (C=O) groups excluding carboxylic acids is 1. The number of nitrogens with one attached hydrogen (secondary N) is 1. The van der Waals surface area contributed by atoms with Crippen LogP contribution in [-0.2, 0) is 4.79 Å². The highest BCUT2D eigenvalue weighted by atomic mass is 16.1. The van der Waals surface area contributed by atoms with E-state index < -0.39 is 0 Å². The first kappa shape index (κ1) is 12.2. The molecule has 0 aromatic heterocycles. The zero-order chi connectivity index (χ0) is 12.0. The summed E-state index contributed by atoms with van der Waals surface area (Å²) in [6, 6.07) is 7.82. The second-order valence-electron chi connectivity index (χ2n) is 3.52. The molecule has 0 saturated heterocycles. The van der Waals surface area contributed by atoms with Crippen molar-refractivity contribution in [2.75, 3.05) is 6.54 Å². The van der Waals surface area contributed by atoms with Gasteiger partial charge in [0.1, 0.15) is 0 Å². The van der Waals surface area contributed by atoms with E-state index in [-0.39, 0.29) is 5.91 Å². The number of amides is 1. The summed E-state index contributed by atoms with van der Waals surface area (Å²) in [5.41, 5.74) is 0.993. The Morgan fingerprint density at radius 3 is 2.69 bits per heavy atom. The topological polar surface area (TPSA) is 29.1 Å². The largest absolute Gasteiger partial charge is 0.352 e. The van der Waals surface area contributed by atoms with Crippen LogP contribution in [0.1, 0.15) is 13.3 Å². The van der Waals surface area contributed by atoms with Crippen molar-refractivity contribution in [2.45, 2.75) is 13.3 Å². The van der Waals surface area contributed by atoms with Crippen LogP contribution in [0.25, 0.3) is 12.2 Å². The van der Waals surface area contributed by atoms with Gasteiger partial charge in [0, 0.05) is 13.0 Å². The van der Waals surface area contributed by atoms with Gasteiger partial charge in [0.2, 0.25) is 5.91 Å². The molecule has 1 N–H and O–H groups in total. The van der Waals surface area contributed by atoms with Gasteiger partial charge in [-0.25, -0.2) is 0 Å². The van der Waals surface area contributed by atoms with Crippen molar-refractivity contribution in [1.29, 1.82) is 0 Å². The van der Waals surface area contributed by atoms with Gasteiger partial charge in [0.25, 0.3) is 0 Å². The van der Waals surface area contributed by atoms with E-state index in [0.717, 1.165) is 16.0 Å². The zero-order valence-electron chi connectivity index (χ0n) is 9.62. The van der Waals surface area contributed by atoms with Gasteiger partial charge in [0.05, 0.1) is 0 Å². The lowest BCUT2D eigenvalue weighted by atomic mass is 10.1. The normalized spacial score (nSPS) is 11.8. The van der Waals surface area contributed by atoms with Crippen molar-refractivity contribution in [3.8, 4) is 0 Å². The molecule has 2 nitrogen and oxygen atoms in total. The fourth-order valence-electron chi connectivity index (χ4n) is 1.43. The summed E-state index contributed by atoms with van der Waals surface area (Å²) in [4.78, 5) is 11.2. The lowest BCUT2D eigenvalue weighted by molar-refractivity contribution is -0.120. The molecule has 1 aromatic rings. The molecule has 0 fully saturated rings. The second-order valence-corrected chi connectivity index (χ2v) is 3.52. The molecule has 0 aliphatic heterocycles. The molecule has 2 heteroatoms. The molecule has 84 valence electrons. The van der Waals surface area contributed by atoms with Gasteiger partial charge in [-0.15, -0.1) is 0 Å². The minimum absolute atomic E-state index is 0.0425. The molecule has 0 atom stereocenters. The Balaban J connectivity index is 3.03. The van der Waals surface area contributed by atoms with Crippen LogP contribution in [0.4, 0.5) is 0 Å². The van der Waals surface area contributed by atoms with E-state index in [0.29, 0.717) is 13.0 Å². The summed E-state index contributed by atoms with van der Waals surface area (Å²) in [5, 5.41) is 4.82. The van der Waals surface area contributed by atoms with Gasteiger partial charge < -0.3 is 5.32 Å². The third-order valence-electron chi connectivity index (χ3n) is 2.41. The highest BCUT2D eigenvalue weighted by Gasteiger charge is 1.98. The fourth-order valence-corrected chi connectivity index (χ4v) is 1.43. The van der Waals surface area contributed by atoms with Crippen molar-refractivity contribution in [2.24, 2.45) is 0 Å². The Labute approximate surface area is 96.0 Å². The molecule has 1 amide bonds. The second kappa shape index (κ2) is 5.91. The monoisotopic (exact) mass is 215 g/mol. The van der Waals surface area contributed by atoms with Crippen LogP contribution in [0, 0.1) is 0 Å². The molecular weight excluding hydrogens is 198 g/mol. The average Bonchev–Trinajstić information content (AvgIpc) is 2.31. The standard InChI is InChI=1S/C14H17NO/c1-4-12(10-15-14(16)5-2)13-9-7-6-8-11(13)3/h4,6-9H,1,3,5,10H2,2H3,(H,15,16)/b13-12+. The first-order chi connectivity index (χ1) is 7.69. The van der Waals surface area contributed by atoms with Crippen molar-refractivity contribution in [1.82, 2.24) is 5.32 Å². The summed E-state index contributed by atoms with van der Waals surface area (Å²) in [6.45, 7) is 10.1. The predicted molar refractivity (Wildman–Crippen MR) is 68.1 cm³/mol. The van der Waals surface area contributed by atoms with E-state index in [1.165, 1.54) is 0 Å². The Morgan fingerprint density at radius 1 is 1.44 bits per heavy atom. The quantitative estimate of drug-likeness (QED) is 0.796. The van der Waals surface area contributed by atoms with E-state index in [4.69, 9.17) is 0 Å². The summed E-state index contributed by atoms with van der Waals surface area (Å²) >= 11 is 0. The van der Waals surface area contributed by atoms with Gasteiger partial charge in [-0.05, 0) is 16.0 Å². The lowest BCUT2D eigenvalue weighted by Gasteiger charge is -2.04. The highest BCUT2D eigenvalue weighted by molar-refractivity contribution is 5.77. The Bertz CT molecular complexity index is 488. The molecule has 0 aliphatic rings. The number of benzene rings is 1. The minimum atomic E-state index is 0.0425. The molecule has 0 aliphatic carbocycles. The van der Waals surface area contributed by atoms with E-state index in [1.807, 2.05) is 31.2 Å². The highest BCUT2D eigenvalue weighted by Crippen LogP contribution is 1.91. The van der Waals surface area contributed by atoms with Crippen LogP contribution in [-0.4, -0.2) is 12.5 Å². The van der Waals surface area contributed by atoms with Gasteiger partial charge in [-0.2, -0.15) is 0 Å². The van der Waals surface area contributed by atoms with Crippen molar-refractivity contribution < 1.29 is 4.79 Å². The van der Waals surface area contributed by atoms with Crippen molar-refractivity contribution in [3.63, 3.8) is 0 Å². The maximum absolute atomic E-state index is 11.2. The number of carbonyl (C=O) groups is 1. The fraction of sp³-hybridized carbons (Fsp3) is 0.214. The molecule has 1 rings (SSSR count). The van der Waals surface area contributed by atoms with Crippen LogP contribution in [0.2, 0.25) is 0 Å². The van der Waals surface area contributed by atoms with Crippen molar-refractivity contribution in [3.05, 3.63) is 47.4 Å². The smallest absolute Gasteiger partial charge is 0.219 e. The molecule has 0 heterocycles. The van der Waals surface area contributed by atoms with E-state index in [9.17, 15) is 4.79 Å². The van der Waals surface area contributed by atoms with Gasteiger partial charge in [-0.3, -0.25) is 4.79 Å². The van der Waals surface area contributed by atoms with E-state index in [1.54, 1.807) is 6.08 Å². The molecule has 1 aromatic carbocycles. The van der Waals surface area contributed by atoms with Gasteiger partial charge in [-0.1, -0.05) is 50.4 Å². The van der Waals surface area contributed by atoms with Gasteiger partial charge in [0.15, 0.2) is 0 Å². The Hall–Kier alpha value is -1.83. The summed E-state index contributed by atoms with van der Waals surface area (Å²) < 4.78 is 0. The molecule has 0 saturated carbocycles. The third kappa shape index (κ3) is 3.09. The number of hydrogen-bond acceptors (Lipinski definition) is 1. The van der Waals surface area contributed by atoms with Crippen LogP contribution in [0.3, 0.4) is 0 Å². The molecule has 0 spiro atoms. The lowest BCUT2D eigenvalue weighted by Crippen LogP contribution is -2.31. The zero-order valence-corrected chi connectivity index (χ0v) is 9.62. The molecular formula is C14H17NO. The van der Waals surface area contributed by atoms with Crippen LogP contribution in [0.5, 0.6) is 0 Å². The Kier molecular flexibility index (Phi) is 4.52. The number of rotatable bonds is 4. The van der Waals surface area contributed by atoms with E-state index >= 15 is 0 Å². The summed E-state index contributed by atoms with van der Waals surface area (Å²) in [7, 11) is 0. The van der Waals surface area contributed by atoms with Gasteiger partial charge >= 0.3 is 0 Å². The molecule has 0 unspecified atom stereocenters. The number of hydrogen-bond donors (Lipinski definition) is 1. The minimum Gasteiger partial charge on any atom is -0.352 e. The predicted octanol–water partition coefficient (Wildman–Crippen LogP) is 0.960. The molecule has 0 radical (unpaired) electrons. The Morgan fingerprint density at radius 2 is 2.12 bits per heavy atom. The SMILES string of the molecule is C=C/C(CNC(=O)CC)=c1/ccccc1=C. The molecule has 0 bridgehead atoms. The third-order valence-corrected chi connectivity index (χ3v) is 2.41. The van der Waals surface area contributed by atoms with Crippen molar-refractivity contribution >= 4 is 18.1 Å². The summed E-state index contributed by atoms with van der Waals surface area (Å²) in [6.07, 6.45) is 2.26. The average molecular weight is 215 g/mol. The van der Waals surface area contributed by atoms with Crippen LogP contribution in [0.15, 0.2) is 36.9 Å². The maximum atomic E-state index is 11.2. The first-order valence-electron chi connectivity index (χ1n) is 5.35.